The number of hydrogen-bond acceptors (Lipinski definition) is 4. The van der Waals surface area contributed by atoms with Gasteiger partial charge in [-0.15, -0.1) is 0 Å². The van der Waals surface area contributed by atoms with Crippen molar-refractivity contribution in [2.75, 3.05) is 11.9 Å². The Morgan fingerprint density at radius 1 is 1.50 bits per heavy atom. The summed E-state index contributed by atoms with van der Waals surface area (Å²) >= 11 is 0. The molecular formula is C14H19N3O3. The average Bonchev–Trinajstić information content (AvgIpc) is 2.91. The number of nitrogens with two attached hydrogens (primary N) is 1. The minimum Gasteiger partial charge on any atom is -0.409 e. The van der Waals surface area contributed by atoms with Gasteiger partial charge in [0, 0.05) is 18.3 Å². The van der Waals surface area contributed by atoms with Gasteiger partial charge in [-0.3, -0.25) is 4.79 Å². The number of amides is 1. The third kappa shape index (κ3) is 2.91. The van der Waals surface area contributed by atoms with Crippen LogP contribution in [0.4, 0.5) is 5.69 Å². The molecule has 108 valence electrons. The summed E-state index contributed by atoms with van der Waals surface area (Å²) in [5.74, 6) is -0.0653. The smallest absolute Gasteiger partial charge is 0.255 e. The van der Waals surface area contributed by atoms with Gasteiger partial charge >= 0.3 is 0 Å². The van der Waals surface area contributed by atoms with Gasteiger partial charge < -0.3 is 20.6 Å². The number of hydrogen-bond donors (Lipinski definition) is 2. The van der Waals surface area contributed by atoms with Gasteiger partial charge in [0.2, 0.25) is 0 Å². The summed E-state index contributed by atoms with van der Waals surface area (Å²) in [5, 5.41) is 11.6. The Kier molecular flexibility index (Phi) is 4.24. The van der Waals surface area contributed by atoms with E-state index in [1.165, 1.54) is 4.90 Å². The monoisotopic (exact) mass is 277 g/mol. The van der Waals surface area contributed by atoms with Crippen LogP contribution in [0.15, 0.2) is 29.4 Å². The van der Waals surface area contributed by atoms with Gasteiger partial charge in [0.1, 0.15) is 6.10 Å². The number of benzene rings is 1. The Balaban J connectivity index is 2.16. The first-order valence-corrected chi connectivity index (χ1v) is 6.54. The quantitative estimate of drug-likeness (QED) is 0.377. The Morgan fingerprint density at radius 2 is 2.25 bits per heavy atom. The van der Waals surface area contributed by atoms with E-state index in [9.17, 15) is 4.79 Å². The van der Waals surface area contributed by atoms with Crippen LogP contribution in [0.25, 0.3) is 0 Å². The molecule has 6 heteroatoms. The summed E-state index contributed by atoms with van der Waals surface area (Å²) in [6.45, 7) is 1.96. The molecule has 1 fully saturated rings. The first-order chi connectivity index (χ1) is 9.52. The molecule has 1 amide bonds. The zero-order chi connectivity index (χ0) is 14.7. The van der Waals surface area contributed by atoms with Gasteiger partial charge in [0.25, 0.3) is 5.91 Å². The number of nitrogens with zero attached hydrogens (tertiary/aromatic N) is 2. The van der Waals surface area contributed by atoms with Crippen molar-refractivity contribution in [3.63, 3.8) is 0 Å². The van der Waals surface area contributed by atoms with E-state index in [0.717, 1.165) is 12.8 Å². The number of ether oxygens (including phenoxy) is 1. The molecule has 0 aromatic heterocycles. The number of likely N-dealkylation sites (N-methyl/N-ethyl adjacent to an activating group) is 1. The summed E-state index contributed by atoms with van der Waals surface area (Å²) in [7, 11) is 1.69. The van der Waals surface area contributed by atoms with Crippen LogP contribution in [0.3, 0.4) is 0 Å². The van der Waals surface area contributed by atoms with Crippen molar-refractivity contribution in [3.05, 3.63) is 29.8 Å². The van der Waals surface area contributed by atoms with E-state index in [1.54, 1.807) is 31.3 Å². The SMILES string of the molecule is CC1CCC(C(=O)N(C)c2cccc(/C(N)=N/O)c2)O1. The molecule has 1 aromatic rings. The van der Waals surface area contributed by atoms with Crippen LogP contribution in [0.2, 0.25) is 0 Å². The van der Waals surface area contributed by atoms with E-state index in [2.05, 4.69) is 5.16 Å². The minimum absolute atomic E-state index is 0.0124. The Hall–Kier alpha value is -2.08. The molecule has 1 saturated heterocycles. The minimum atomic E-state index is -0.387. The lowest BCUT2D eigenvalue weighted by Crippen LogP contribution is -2.36. The van der Waals surface area contributed by atoms with Gasteiger partial charge in [0.15, 0.2) is 5.84 Å². The molecule has 2 atom stereocenters. The van der Waals surface area contributed by atoms with Crippen molar-refractivity contribution < 1.29 is 14.7 Å². The molecule has 1 aliphatic heterocycles. The van der Waals surface area contributed by atoms with Gasteiger partial charge in [0.05, 0.1) is 6.10 Å². The number of oxime groups is 1. The van der Waals surface area contributed by atoms with Crippen LogP contribution in [-0.4, -0.2) is 36.2 Å². The molecule has 1 aromatic carbocycles. The van der Waals surface area contributed by atoms with Crippen molar-refractivity contribution >= 4 is 17.4 Å². The van der Waals surface area contributed by atoms with E-state index in [1.807, 2.05) is 6.92 Å². The van der Waals surface area contributed by atoms with Crippen molar-refractivity contribution in [3.8, 4) is 0 Å². The number of anilines is 1. The molecule has 0 bridgehead atoms. The third-order valence-corrected chi connectivity index (χ3v) is 3.47. The topological polar surface area (TPSA) is 88.2 Å². The van der Waals surface area contributed by atoms with E-state index in [0.29, 0.717) is 11.3 Å². The zero-order valence-corrected chi connectivity index (χ0v) is 11.6. The number of rotatable bonds is 3. The average molecular weight is 277 g/mol. The highest BCUT2D eigenvalue weighted by molar-refractivity contribution is 6.00. The predicted molar refractivity (Wildman–Crippen MR) is 75.9 cm³/mol. The maximum atomic E-state index is 12.3. The maximum Gasteiger partial charge on any atom is 0.255 e. The summed E-state index contributed by atoms with van der Waals surface area (Å²) in [6, 6.07) is 6.96. The van der Waals surface area contributed by atoms with Crippen LogP contribution >= 0.6 is 0 Å². The lowest BCUT2D eigenvalue weighted by Gasteiger charge is -2.21. The molecule has 1 heterocycles. The third-order valence-electron chi connectivity index (χ3n) is 3.47. The van der Waals surface area contributed by atoms with E-state index < -0.39 is 0 Å². The van der Waals surface area contributed by atoms with Gasteiger partial charge in [-0.25, -0.2) is 0 Å². The lowest BCUT2D eigenvalue weighted by atomic mass is 10.1. The number of carbonyl (C=O) groups is 1. The molecule has 20 heavy (non-hydrogen) atoms. The molecule has 6 nitrogen and oxygen atoms in total. The van der Waals surface area contributed by atoms with E-state index in [4.69, 9.17) is 15.7 Å². The molecular weight excluding hydrogens is 258 g/mol. The van der Waals surface area contributed by atoms with E-state index in [-0.39, 0.29) is 24.0 Å². The largest absolute Gasteiger partial charge is 0.409 e. The first-order valence-electron chi connectivity index (χ1n) is 6.54. The lowest BCUT2D eigenvalue weighted by molar-refractivity contribution is -0.128. The molecule has 2 rings (SSSR count). The summed E-state index contributed by atoms with van der Waals surface area (Å²) in [4.78, 5) is 13.9. The fraction of sp³-hybridized carbons (Fsp3) is 0.429. The van der Waals surface area contributed by atoms with Gasteiger partial charge in [-0.05, 0) is 31.9 Å². The number of amidine groups is 1. The van der Waals surface area contributed by atoms with Gasteiger partial charge in [-0.2, -0.15) is 0 Å². The van der Waals surface area contributed by atoms with Crippen LogP contribution in [0, 0.1) is 0 Å². The van der Waals surface area contributed by atoms with Crippen LogP contribution in [0.1, 0.15) is 25.3 Å². The summed E-state index contributed by atoms with van der Waals surface area (Å²) < 4.78 is 5.58. The molecule has 3 N–H and O–H groups in total. The maximum absolute atomic E-state index is 12.3. The summed E-state index contributed by atoms with van der Waals surface area (Å²) in [5.41, 5.74) is 6.79. The molecule has 0 saturated carbocycles. The van der Waals surface area contributed by atoms with Crippen LogP contribution < -0.4 is 10.6 Å². The highest BCUT2D eigenvalue weighted by Crippen LogP contribution is 2.23. The highest BCUT2D eigenvalue weighted by Gasteiger charge is 2.30. The Bertz CT molecular complexity index is 530. The standard InChI is InChI=1S/C14H19N3O3/c1-9-6-7-12(20-9)14(18)17(2)11-5-3-4-10(8-11)13(15)16-19/h3-5,8-9,12,19H,6-7H2,1-2H3,(H2,15,16). The van der Waals surface area contributed by atoms with Gasteiger partial charge in [-0.1, -0.05) is 17.3 Å². The molecule has 1 aliphatic rings. The van der Waals surface area contributed by atoms with Crippen molar-refractivity contribution in [1.82, 2.24) is 0 Å². The highest BCUT2D eigenvalue weighted by atomic mass is 16.5. The summed E-state index contributed by atoms with van der Waals surface area (Å²) in [6.07, 6.45) is 1.38. The predicted octanol–water partition coefficient (Wildman–Crippen LogP) is 1.31. The second-order valence-electron chi connectivity index (χ2n) is 4.95. The Labute approximate surface area is 117 Å². The second kappa shape index (κ2) is 5.92. The Morgan fingerprint density at radius 3 is 2.85 bits per heavy atom. The molecule has 2 unspecified atom stereocenters. The molecule has 0 spiro atoms. The first kappa shape index (κ1) is 14.3. The second-order valence-corrected chi connectivity index (χ2v) is 4.95. The van der Waals surface area contributed by atoms with Crippen molar-refractivity contribution in [2.45, 2.75) is 32.0 Å². The normalized spacial score (nSPS) is 22.8. The van der Waals surface area contributed by atoms with Crippen LogP contribution in [0.5, 0.6) is 0 Å². The fourth-order valence-corrected chi connectivity index (χ4v) is 2.26. The van der Waals surface area contributed by atoms with Crippen LogP contribution in [-0.2, 0) is 9.53 Å². The van der Waals surface area contributed by atoms with Crippen molar-refractivity contribution in [2.24, 2.45) is 10.9 Å². The molecule has 0 aliphatic carbocycles. The van der Waals surface area contributed by atoms with Crippen molar-refractivity contribution in [1.29, 1.82) is 0 Å². The number of carbonyl (C=O) groups excluding carboxylic acids is 1. The zero-order valence-electron chi connectivity index (χ0n) is 11.6. The van der Waals surface area contributed by atoms with E-state index >= 15 is 0 Å². The fourth-order valence-electron chi connectivity index (χ4n) is 2.26. The molecule has 0 radical (unpaired) electrons.